The number of anilines is 2. The molecule has 4 rings (SSSR count). The maximum absolute atomic E-state index is 13.9. The maximum atomic E-state index is 13.9. The average Bonchev–Trinajstić information content (AvgIpc) is 3.06. The van der Waals surface area contributed by atoms with Gasteiger partial charge in [-0.25, -0.2) is 0 Å². The zero-order valence-corrected chi connectivity index (χ0v) is 17.0. The van der Waals surface area contributed by atoms with Gasteiger partial charge in [0.05, 0.1) is 16.3 Å². The van der Waals surface area contributed by atoms with Gasteiger partial charge in [0.25, 0.3) is 0 Å². The van der Waals surface area contributed by atoms with Gasteiger partial charge in [-0.2, -0.15) is 22.8 Å². The van der Waals surface area contributed by atoms with Gasteiger partial charge in [-0.1, -0.05) is 23.7 Å². The number of hydrogen-bond donors (Lipinski definition) is 3. The van der Waals surface area contributed by atoms with Crippen LogP contribution >= 0.6 is 11.6 Å². The van der Waals surface area contributed by atoms with Crippen molar-refractivity contribution in [3.8, 4) is 22.6 Å². The summed E-state index contributed by atoms with van der Waals surface area (Å²) in [5.74, 6) is 0.298. The van der Waals surface area contributed by atoms with Crippen molar-refractivity contribution in [1.82, 2.24) is 20.1 Å². The molecule has 1 saturated heterocycles. The molecule has 1 aliphatic heterocycles. The Kier molecular flexibility index (Phi) is 5.67. The van der Waals surface area contributed by atoms with E-state index in [1.807, 2.05) is 0 Å². The van der Waals surface area contributed by atoms with Gasteiger partial charge in [0.15, 0.2) is 0 Å². The summed E-state index contributed by atoms with van der Waals surface area (Å²) >= 11 is 6.31. The highest BCUT2D eigenvalue weighted by Gasteiger charge is 2.36. The van der Waals surface area contributed by atoms with Crippen molar-refractivity contribution >= 4 is 23.5 Å². The first kappa shape index (κ1) is 21.3. The molecule has 0 atom stereocenters. The van der Waals surface area contributed by atoms with E-state index in [0.29, 0.717) is 11.3 Å². The zero-order chi connectivity index (χ0) is 22.2. The third kappa shape index (κ3) is 4.54. The van der Waals surface area contributed by atoms with Gasteiger partial charge in [-0.15, -0.1) is 5.10 Å². The fourth-order valence-electron chi connectivity index (χ4n) is 3.57. The van der Waals surface area contributed by atoms with Gasteiger partial charge in [0.1, 0.15) is 11.9 Å². The molecule has 1 aliphatic rings. The Bertz CT molecular complexity index is 1080. The summed E-state index contributed by atoms with van der Waals surface area (Å²) in [7, 11) is 0. The lowest BCUT2D eigenvalue weighted by atomic mass is 9.98. The molecule has 31 heavy (non-hydrogen) atoms. The Hall–Kier alpha value is -2.98. The second kappa shape index (κ2) is 8.27. The van der Waals surface area contributed by atoms with Crippen LogP contribution in [0.4, 0.5) is 25.1 Å². The first-order valence-corrected chi connectivity index (χ1v) is 9.97. The van der Waals surface area contributed by atoms with Crippen LogP contribution in [0.5, 0.6) is 5.75 Å². The van der Waals surface area contributed by atoms with E-state index >= 15 is 0 Å². The molecular formula is C20H20ClF3N6O. The van der Waals surface area contributed by atoms with Gasteiger partial charge < -0.3 is 21.5 Å². The van der Waals surface area contributed by atoms with E-state index in [4.69, 9.17) is 27.8 Å². The standard InChI is InChI=1S/C20H20ClF3N6O/c21-16-10-12(30-19(26)28-18(25)29-30)9-15(20(22,23)24)17(16)11-1-3-13(4-2-11)31-14-5-7-27-8-6-14/h1-4,9-10,14,27H,5-8H2,(H4,25,26,28,29). The van der Waals surface area contributed by atoms with Crippen molar-refractivity contribution in [3.63, 3.8) is 0 Å². The molecule has 11 heteroatoms. The number of piperidine rings is 1. The maximum Gasteiger partial charge on any atom is 0.417 e. The minimum Gasteiger partial charge on any atom is -0.490 e. The third-order valence-corrected chi connectivity index (χ3v) is 5.30. The van der Waals surface area contributed by atoms with Crippen molar-refractivity contribution in [1.29, 1.82) is 0 Å². The number of aromatic nitrogens is 3. The van der Waals surface area contributed by atoms with Crippen LogP contribution in [0.15, 0.2) is 36.4 Å². The molecule has 2 heterocycles. The summed E-state index contributed by atoms with van der Waals surface area (Å²) in [5, 5.41) is 6.97. The molecule has 0 aliphatic carbocycles. The lowest BCUT2D eigenvalue weighted by Crippen LogP contribution is -2.34. The zero-order valence-electron chi connectivity index (χ0n) is 16.3. The molecule has 3 aromatic rings. The summed E-state index contributed by atoms with van der Waals surface area (Å²) in [6, 6.07) is 8.69. The van der Waals surface area contributed by atoms with Crippen molar-refractivity contribution in [2.24, 2.45) is 0 Å². The highest BCUT2D eigenvalue weighted by molar-refractivity contribution is 6.33. The molecule has 0 bridgehead atoms. The quantitative estimate of drug-likeness (QED) is 0.554. The number of halogens is 4. The molecular weight excluding hydrogens is 433 g/mol. The van der Waals surface area contributed by atoms with Gasteiger partial charge >= 0.3 is 6.18 Å². The summed E-state index contributed by atoms with van der Waals surface area (Å²) < 4.78 is 48.7. The predicted octanol–water partition coefficient (Wildman–Crippen LogP) is 3.90. The molecule has 0 saturated carbocycles. The summed E-state index contributed by atoms with van der Waals surface area (Å²) in [4.78, 5) is 3.71. The number of nitrogens with one attached hydrogen (secondary N) is 1. The Morgan fingerprint density at radius 1 is 1.10 bits per heavy atom. The normalized spacial score (nSPS) is 15.2. The summed E-state index contributed by atoms with van der Waals surface area (Å²) in [6.07, 6.45) is -2.83. The average molecular weight is 453 g/mol. The van der Waals surface area contributed by atoms with Crippen LogP contribution < -0.4 is 21.5 Å². The highest BCUT2D eigenvalue weighted by Crippen LogP contribution is 2.43. The number of alkyl halides is 3. The van der Waals surface area contributed by atoms with E-state index in [1.165, 1.54) is 6.07 Å². The largest absolute Gasteiger partial charge is 0.490 e. The van der Waals surface area contributed by atoms with Gasteiger partial charge in [-0.3, -0.25) is 0 Å². The van der Waals surface area contributed by atoms with Crippen LogP contribution in [0.2, 0.25) is 5.02 Å². The lowest BCUT2D eigenvalue weighted by Gasteiger charge is -2.24. The number of hydrogen-bond acceptors (Lipinski definition) is 6. The second-order valence-electron chi connectivity index (χ2n) is 7.18. The van der Waals surface area contributed by atoms with E-state index in [2.05, 4.69) is 15.4 Å². The van der Waals surface area contributed by atoms with Crippen LogP contribution in [0.25, 0.3) is 16.8 Å². The number of benzene rings is 2. The molecule has 0 amide bonds. The Morgan fingerprint density at radius 3 is 2.35 bits per heavy atom. The smallest absolute Gasteiger partial charge is 0.417 e. The fourth-order valence-corrected chi connectivity index (χ4v) is 3.89. The van der Waals surface area contributed by atoms with E-state index in [1.54, 1.807) is 24.3 Å². The van der Waals surface area contributed by atoms with Crippen LogP contribution in [-0.2, 0) is 6.18 Å². The van der Waals surface area contributed by atoms with Crippen LogP contribution in [0.1, 0.15) is 18.4 Å². The molecule has 164 valence electrons. The fraction of sp³-hybridized carbons (Fsp3) is 0.300. The third-order valence-electron chi connectivity index (χ3n) is 5.01. The Labute approximate surface area is 181 Å². The molecule has 1 fully saturated rings. The topological polar surface area (TPSA) is 104 Å². The molecule has 5 N–H and O–H groups in total. The first-order valence-electron chi connectivity index (χ1n) is 9.59. The van der Waals surface area contributed by atoms with Crippen molar-refractivity contribution in [2.75, 3.05) is 24.6 Å². The molecule has 0 radical (unpaired) electrons. The van der Waals surface area contributed by atoms with E-state index in [9.17, 15) is 13.2 Å². The number of rotatable bonds is 4. The first-order chi connectivity index (χ1) is 14.7. The number of nitrogens with two attached hydrogens (primary N) is 2. The molecule has 7 nitrogen and oxygen atoms in total. The molecule has 1 aromatic heterocycles. The number of nitrogens with zero attached hydrogens (tertiary/aromatic N) is 3. The van der Waals surface area contributed by atoms with Crippen molar-refractivity contribution in [2.45, 2.75) is 25.1 Å². The number of ether oxygens (including phenoxy) is 1. The lowest BCUT2D eigenvalue weighted by molar-refractivity contribution is -0.137. The van der Waals surface area contributed by atoms with Crippen LogP contribution in [0, 0.1) is 0 Å². The summed E-state index contributed by atoms with van der Waals surface area (Å²) in [5.41, 5.74) is 10.4. The van der Waals surface area contributed by atoms with Crippen molar-refractivity contribution in [3.05, 3.63) is 47.0 Å². The summed E-state index contributed by atoms with van der Waals surface area (Å²) in [6.45, 7) is 1.75. The number of nitrogen functional groups attached to an aromatic ring is 2. The SMILES string of the molecule is Nc1nc(N)n(-c2cc(Cl)c(-c3ccc(OC4CCNCC4)cc3)c(C(F)(F)F)c2)n1. The van der Waals surface area contributed by atoms with Crippen LogP contribution in [0.3, 0.4) is 0 Å². The van der Waals surface area contributed by atoms with E-state index < -0.39 is 11.7 Å². The Balaban J connectivity index is 1.71. The highest BCUT2D eigenvalue weighted by atomic mass is 35.5. The molecule has 0 unspecified atom stereocenters. The predicted molar refractivity (Wildman–Crippen MR) is 112 cm³/mol. The monoisotopic (exact) mass is 452 g/mol. The van der Waals surface area contributed by atoms with E-state index in [-0.39, 0.29) is 34.3 Å². The minimum absolute atomic E-state index is 0.00800. The second-order valence-corrected chi connectivity index (χ2v) is 7.59. The molecule has 0 spiro atoms. The van der Waals surface area contributed by atoms with Crippen LogP contribution in [-0.4, -0.2) is 34.0 Å². The van der Waals surface area contributed by atoms with Gasteiger partial charge in [0, 0.05) is 5.56 Å². The van der Waals surface area contributed by atoms with E-state index in [0.717, 1.165) is 36.7 Å². The van der Waals surface area contributed by atoms with Gasteiger partial charge in [-0.05, 0) is 55.8 Å². The minimum atomic E-state index is -4.67. The molecule has 2 aromatic carbocycles. The van der Waals surface area contributed by atoms with Gasteiger partial charge in [0.2, 0.25) is 11.9 Å². The van der Waals surface area contributed by atoms with Crippen molar-refractivity contribution < 1.29 is 17.9 Å². The Morgan fingerprint density at radius 2 is 1.77 bits per heavy atom.